The predicted octanol–water partition coefficient (Wildman–Crippen LogP) is 2.34. The first-order chi connectivity index (χ1) is 6.79. The molecule has 70 valence electrons. The SMILES string of the molecule is O=Cc1ccn(-c2ccc(Cl)cc2)n1. The van der Waals surface area contributed by atoms with Gasteiger partial charge in [-0.05, 0) is 30.3 Å². The number of hydrogen-bond acceptors (Lipinski definition) is 2. The minimum atomic E-state index is 0.417. The lowest BCUT2D eigenvalue weighted by Gasteiger charge is -1.99. The van der Waals surface area contributed by atoms with E-state index in [-0.39, 0.29) is 0 Å². The van der Waals surface area contributed by atoms with Crippen molar-refractivity contribution < 1.29 is 4.79 Å². The first-order valence-corrected chi connectivity index (χ1v) is 4.44. The van der Waals surface area contributed by atoms with E-state index in [9.17, 15) is 4.79 Å². The fraction of sp³-hybridized carbons (Fsp3) is 0. The van der Waals surface area contributed by atoms with E-state index in [1.165, 1.54) is 0 Å². The van der Waals surface area contributed by atoms with Gasteiger partial charge in [-0.1, -0.05) is 11.6 Å². The maximum absolute atomic E-state index is 10.4. The highest BCUT2D eigenvalue weighted by molar-refractivity contribution is 6.30. The topological polar surface area (TPSA) is 34.9 Å². The van der Waals surface area contributed by atoms with E-state index in [0.29, 0.717) is 17.0 Å². The van der Waals surface area contributed by atoms with Crippen LogP contribution >= 0.6 is 11.6 Å². The van der Waals surface area contributed by atoms with Gasteiger partial charge in [0.2, 0.25) is 0 Å². The minimum absolute atomic E-state index is 0.417. The van der Waals surface area contributed by atoms with E-state index >= 15 is 0 Å². The first-order valence-electron chi connectivity index (χ1n) is 4.06. The van der Waals surface area contributed by atoms with Crippen molar-refractivity contribution in [2.45, 2.75) is 0 Å². The number of benzene rings is 1. The third-order valence-electron chi connectivity index (χ3n) is 1.82. The largest absolute Gasteiger partial charge is 0.296 e. The maximum atomic E-state index is 10.4. The van der Waals surface area contributed by atoms with Crippen molar-refractivity contribution in [1.82, 2.24) is 9.78 Å². The zero-order chi connectivity index (χ0) is 9.97. The van der Waals surface area contributed by atoms with Crippen LogP contribution in [0.1, 0.15) is 10.5 Å². The summed E-state index contributed by atoms with van der Waals surface area (Å²) < 4.78 is 1.63. The molecular weight excluding hydrogens is 200 g/mol. The number of hydrogen-bond donors (Lipinski definition) is 0. The molecule has 0 fully saturated rings. The van der Waals surface area contributed by atoms with Crippen molar-refractivity contribution in [3.8, 4) is 5.69 Å². The zero-order valence-electron chi connectivity index (χ0n) is 7.22. The molecule has 0 aliphatic heterocycles. The summed E-state index contributed by atoms with van der Waals surface area (Å²) in [6, 6.07) is 8.88. The lowest BCUT2D eigenvalue weighted by Crippen LogP contribution is -1.94. The molecule has 0 bridgehead atoms. The Balaban J connectivity index is 2.39. The van der Waals surface area contributed by atoms with Gasteiger partial charge in [-0.2, -0.15) is 5.10 Å². The molecular formula is C10H7ClN2O. The number of aromatic nitrogens is 2. The minimum Gasteiger partial charge on any atom is -0.296 e. The quantitative estimate of drug-likeness (QED) is 0.707. The van der Waals surface area contributed by atoms with Gasteiger partial charge in [-0.3, -0.25) is 4.79 Å². The van der Waals surface area contributed by atoms with Gasteiger partial charge < -0.3 is 0 Å². The Morgan fingerprint density at radius 3 is 2.50 bits per heavy atom. The molecule has 2 aromatic rings. The molecule has 0 aliphatic rings. The molecule has 4 heteroatoms. The van der Waals surface area contributed by atoms with Gasteiger partial charge in [-0.25, -0.2) is 4.68 Å². The van der Waals surface area contributed by atoms with E-state index in [2.05, 4.69) is 5.10 Å². The number of nitrogens with zero attached hydrogens (tertiary/aromatic N) is 2. The van der Waals surface area contributed by atoms with E-state index in [1.807, 2.05) is 12.1 Å². The van der Waals surface area contributed by atoms with E-state index in [0.717, 1.165) is 5.69 Å². The van der Waals surface area contributed by atoms with Gasteiger partial charge >= 0.3 is 0 Å². The summed E-state index contributed by atoms with van der Waals surface area (Å²) in [5.41, 5.74) is 1.29. The Morgan fingerprint density at radius 1 is 1.21 bits per heavy atom. The molecule has 0 saturated heterocycles. The number of rotatable bonds is 2. The van der Waals surface area contributed by atoms with Crippen LogP contribution in [-0.4, -0.2) is 16.1 Å². The van der Waals surface area contributed by atoms with Crippen molar-refractivity contribution in [2.24, 2.45) is 0 Å². The lowest BCUT2D eigenvalue weighted by atomic mass is 10.3. The summed E-state index contributed by atoms with van der Waals surface area (Å²) in [5, 5.41) is 4.71. The van der Waals surface area contributed by atoms with Gasteiger partial charge in [0, 0.05) is 11.2 Å². The summed E-state index contributed by atoms with van der Waals surface area (Å²) in [5.74, 6) is 0. The van der Waals surface area contributed by atoms with Gasteiger partial charge in [0.25, 0.3) is 0 Å². The van der Waals surface area contributed by atoms with Crippen LogP contribution < -0.4 is 0 Å². The van der Waals surface area contributed by atoms with Crippen LogP contribution in [-0.2, 0) is 0 Å². The molecule has 1 heterocycles. The van der Waals surface area contributed by atoms with E-state index < -0.39 is 0 Å². The number of carbonyl (C=O) groups excluding carboxylic acids is 1. The van der Waals surface area contributed by atoms with Crippen molar-refractivity contribution in [1.29, 1.82) is 0 Å². The Bertz CT molecular complexity index is 447. The Hall–Kier alpha value is -1.61. The fourth-order valence-electron chi connectivity index (χ4n) is 1.14. The molecule has 2 rings (SSSR count). The molecule has 0 atom stereocenters. The molecule has 14 heavy (non-hydrogen) atoms. The van der Waals surface area contributed by atoms with Gasteiger partial charge in [0.15, 0.2) is 6.29 Å². The van der Waals surface area contributed by atoms with Crippen molar-refractivity contribution >= 4 is 17.9 Å². The summed E-state index contributed by atoms with van der Waals surface area (Å²) >= 11 is 5.75. The highest BCUT2D eigenvalue weighted by atomic mass is 35.5. The van der Waals surface area contributed by atoms with Crippen molar-refractivity contribution in [2.75, 3.05) is 0 Å². The number of halogens is 1. The van der Waals surface area contributed by atoms with Gasteiger partial charge in [0.1, 0.15) is 5.69 Å². The highest BCUT2D eigenvalue weighted by Crippen LogP contribution is 2.12. The van der Waals surface area contributed by atoms with Crippen LogP contribution in [0.4, 0.5) is 0 Å². The lowest BCUT2D eigenvalue weighted by molar-refractivity contribution is 0.111. The second kappa shape index (κ2) is 3.64. The van der Waals surface area contributed by atoms with Gasteiger partial charge in [0.05, 0.1) is 5.69 Å². The highest BCUT2D eigenvalue weighted by Gasteiger charge is 1.99. The smallest absolute Gasteiger partial charge is 0.170 e. The van der Waals surface area contributed by atoms with Crippen LogP contribution in [0.15, 0.2) is 36.5 Å². The average Bonchev–Trinajstić information content (AvgIpc) is 2.67. The van der Waals surface area contributed by atoms with Crippen molar-refractivity contribution in [3.05, 3.63) is 47.2 Å². The monoisotopic (exact) mass is 206 g/mol. The van der Waals surface area contributed by atoms with Gasteiger partial charge in [-0.15, -0.1) is 0 Å². The van der Waals surface area contributed by atoms with E-state index in [4.69, 9.17) is 11.6 Å². The molecule has 0 aliphatic carbocycles. The molecule has 0 spiro atoms. The average molecular weight is 207 g/mol. The third kappa shape index (κ3) is 1.67. The Labute approximate surface area is 85.9 Å². The molecule has 0 amide bonds. The van der Waals surface area contributed by atoms with Crippen LogP contribution in [0.25, 0.3) is 5.69 Å². The third-order valence-corrected chi connectivity index (χ3v) is 2.07. The summed E-state index contributed by atoms with van der Waals surface area (Å²) in [6.07, 6.45) is 2.44. The Kier molecular flexibility index (Phi) is 2.33. The molecule has 1 aromatic carbocycles. The molecule has 3 nitrogen and oxygen atoms in total. The Morgan fingerprint density at radius 2 is 1.93 bits per heavy atom. The van der Waals surface area contributed by atoms with Crippen LogP contribution in [0.2, 0.25) is 5.02 Å². The summed E-state index contributed by atoms with van der Waals surface area (Å²) in [7, 11) is 0. The summed E-state index contributed by atoms with van der Waals surface area (Å²) in [4.78, 5) is 10.4. The molecule has 0 unspecified atom stereocenters. The molecule has 0 radical (unpaired) electrons. The zero-order valence-corrected chi connectivity index (χ0v) is 7.98. The molecule has 1 aromatic heterocycles. The molecule has 0 N–H and O–H groups in total. The fourth-order valence-corrected chi connectivity index (χ4v) is 1.26. The number of aldehydes is 1. The van der Waals surface area contributed by atoms with Crippen LogP contribution in [0.3, 0.4) is 0 Å². The normalized spacial score (nSPS) is 10.1. The van der Waals surface area contributed by atoms with Crippen LogP contribution in [0.5, 0.6) is 0 Å². The summed E-state index contributed by atoms with van der Waals surface area (Å²) in [6.45, 7) is 0. The first kappa shape index (κ1) is 8.97. The van der Waals surface area contributed by atoms with Crippen LogP contribution in [0, 0.1) is 0 Å². The second-order valence-electron chi connectivity index (χ2n) is 2.78. The predicted molar refractivity (Wildman–Crippen MR) is 54.0 cm³/mol. The molecule has 0 saturated carbocycles. The van der Waals surface area contributed by atoms with E-state index in [1.54, 1.807) is 29.1 Å². The van der Waals surface area contributed by atoms with Crippen molar-refractivity contribution in [3.63, 3.8) is 0 Å². The second-order valence-corrected chi connectivity index (χ2v) is 3.22. The number of carbonyl (C=O) groups is 1. The standard InChI is InChI=1S/C10H7ClN2O/c11-8-1-3-10(4-2-8)13-6-5-9(7-14)12-13/h1-7H. The maximum Gasteiger partial charge on any atom is 0.170 e.